The fourth-order valence-corrected chi connectivity index (χ4v) is 3.61. The molecule has 0 aliphatic heterocycles. The molecular weight excluding hydrogens is 376 g/mol. The molecule has 0 atom stereocenters. The van der Waals surface area contributed by atoms with Crippen LogP contribution in [0.1, 0.15) is 41.3 Å². The van der Waals surface area contributed by atoms with E-state index in [0.717, 1.165) is 17.5 Å². The first-order chi connectivity index (χ1) is 13.3. The van der Waals surface area contributed by atoms with Crippen LogP contribution in [0.4, 0.5) is 0 Å². The Kier molecular flexibility index (Phi) is 7.90. The van der Waals surface area contributed by atoms with Gasteiger partial charge in [0.05, 0.1) is 4.90 Å². The molecule has 0 fully saturated rings. The molecule has 0 heterocycles. The second kappa shape index (κ2) is 10.1. The molecule has 2 rings (SSSR count). The van der Waals surface area contributed by atoms with E-state index in [9.17, 15) is 18.0 Å². The number of rotatable bonds is 10. The van der Waals surface area contributed by atoms with Crippen LogP contribution in [0.15, 0.2) is 53.4 Å². The Hall–Kier alpha value is -2.51. The number of hydrogen-bond acceptors (Lipinski definition) is 4. The summed E-state index contributed by atoms with van der Waals surface area (Å²) in [5.74, 6) is -0.377. The van der Waals surface area contributed by atoms with Gasteiger partial charge in [0, 0.05) is 31.5 Å². The summed E-state index contributed by atoms with van der Waals surface area (Å²) in [6.07, 6.45) is 1.02. The van der Waals surface area contributed by atoms with Crippen molar-refractivity contribution in [3.63, 3.8) is 0 Å². The molecular formula is C21H26N2O4S. The first-order valence-corrected chi connectivity index (χ1v) is 10.8. The largest absolute Gasteiger partial charge is 0.355 e. The lowest BCUT2D eigenvalue weighted by atomic mass is 10.1. The Morgan fingerprint density at radius 3 is 2.14 bits per heavy atom. The average Bonchev–Trinajstić information content (AvgIpc) is 2.70. The molecule has 0 aliphatic rings. The van der Waals surface area contributed by atoms with Gasteiger partial charge in [0.2, 0.25) is 15.9 Å². The standard InChI is InChI=1S/C21H26N2O4S/c1-3-17-6-10-19(11-7-17)28(26,27)23-15-14-22-21(25)13-12-20(24)18-8-4-16(2)5-9-18/h4-11,23H,3,12-15H2,1-2H3,(H,22,25). The van der Waals surface area contributed by atoms with Crippen molar-refractivity contribution in [3.05, 3.63) is 65.2 Å². The predicted octanol–water partition coefficient (Wildman–Crippen LogP) is 2.62. The van der Waals surface area contributed by atoms with E-state index in [4.69, 9.17) is 0 Å². The highest BCUT2D eigenvalue weighted by molar-refractivity contribution is 7.89. The monoisotopic (exact) mass is 402 g/mol. The van der Waals surface area contributed by atoms with E-state index in [1.54, 1.807) is 36.4 Å². The molecule has 0 aliphatic carbocycles. The van der Waals surface area contributed by atoms with Gasteiger partial charge in [-0.3, -0.25) is 9.59 Å². The Bertz CT molecular complexity index is 904. The maximum atomic E-state index is 12.2. The van der Waals surface area contributed by atoms with Crippen LogP contribution in [0.5, 0.6) is 0 Å². The van der Waals surface area contributed by atoms with Gasteiger partial charge in [-0.15, -0.1) is 0 Å². The van der Waals surface area contributed by atoms with Crippen molar-refractivity contribution in [2.75, 3.05) is 13.1 Å². The molecule has 0 saturated carbocycles. The SMILES string of the molecule is CCc1ccc(S(=O)(=O)NCCNC(=O)CCC(=O)c2ccc(C)cc2)cc1. The van der Waals surface area contributed by atoms with E-state index >= 15 is 0 Å². The third-order valence-corrected chi connectivity index (χ3v) is 5.81. The van der Waals surface area contributed by atoms with Gasteiger partial charge in [0.15, 0.2) is 5.78 Å². The Morgan fingerprint density at radius 2 is 1.54 bits per heavy atom. The van der Waals surface area contributed by atoms with Crippen molar-refractivity contribution in [1.82, 2.24) is 10.0 Å². The van der Waals surface area contributed by atoms with Crippen LogP contribution in [0.3, 0.4) is 0 Å². The van der Waals surface area contributed by atoms with Crippen LogP contribution < -0.4 is 10.0 Å². The quantitative estimate of drug-likeness (QED) is 0.472. The molecule has 0 radical (unpaired) electrons. The normalized spacial score (nSPS) is 11.2. The van der Waals surface area contributed by atoms with Gasteiger partial charge in [0.25, 0.3) is 0 Å². The molecule has 150 valence electrons. The number of benzene rings is 2. The Labute approximate surface area is 166 Å². The van der Waals surface area contributed by atoms with E-state index in [0.29, 0.717) is 5.56 Å². The second-order valence-corrected chi connectivity index (χ2v) is 8.30. The van der Waals surface area contributed by atoms with E-state index in [-0.39, 0.29) is 42.5 Å². The number of nitrogens with one attached hydrogen (secondary N) is 2. The van der Waals surface area contributed by atoms with Crippen molar-refractivity contribution in [2.45, 2.75) is 38.0 Å². The summed E-state index contributed by atoms with van der Waals surface area (Å²) in [7, 11) is -3.60. The summed E-state index contributed by atoms with van der Waals surface area (Å²) in [5, 5.41) is 2.62. The molecule has 6 nitrogen and oxygen atoms in total. The summed E-state index contributed by atoms with van der Waals surface area (Å²) in [5.41, 5.74) is 2.71. The zero-order chi connectivity index (χ0) is 20.6. The minimum Gasteiger partial charge on any atom is -0.355 e. The summed E-state index contributed by atoms with van der Waals surface area (Å²) >= 11 is 0. The molecule has 2 aromatic rings. The average molecular weight is 403 g/mol. The molecule has 2 aromatic carbocycles. The minimum absolute atomic E-state index is 0.0674. The van der Waals surface area contributed by atoms with Crippen LogP contribution in [0.25, 0.3) is 0 Å². The third kappa shape index (κ3) is 6.58. The third-order valence-electron chi connectivity index (χ3n) is 4.33. The second-order valence-electron chi connectivity index (χ2n) is 6.53. The molecule has 0 saturated heterocycles. The number of amides is 1. The molecule has 1 amide bonds. The lowest BCUT2D eigenvalue weighted by Crippen LogP contribution is -2.34. The fraction of sp³-hybridized carbons (Fsp3) is 0.333. The van der Waals surface area contributed by atoms with Gasteiger partial charge in [-0.1, -0.05) is 48.9 Å². The van der Waals surface area contributed by atoms with Crippen LogP contribution >= 0.6 is 0 Å². The van der Waals surface area contributed by atoms with Gasteiger partial charge in [-0.05, 0) is 31.0 Å². The number of aryl methyl sites for hydroxylation is 2. The Balaban J connectivity index is 1.71. The van der Waals surface area contributed by atoms with Crippen molar-refractivity contribution in [1.29, 1.82) is 0 Å². The molecule has 0 bridgehead atoms. The zero-order valence-corrected chi connectivity index (χ0v) is 17.0. The van der Waals surface area contributed by atoms with Crippen molar-refractivity contribution < 1.29 is 18.0 Å². The van der Waals surface area contributed by atoms with Crippen LogP contribution in [0.2, 0.25) is 0 Å². The number of carbonyl (C=O) groups excluding carboxylic acids is 2. The van der Waals surface area contributed by atoms with Gasteiger partial charge in [0.1, 0.15) is 0 Å². The molecule has 0 spiro atoms. The van der Waals surface area contributed by atoms with E-state index in [1.807, 2.05) is 26.0 Å². The zero-order valence-electron chi connectivity index (χ0n) is 16.2. The summed E-state index contributed by atoms with van der Waals surface area (Å²) in [4.78, 5) is 24.1. The summed E-state index contributed by atoms with van der Waals surface area (Å²) in [6.45, 7) is 4.17. The van der Waals surface area contributed by atoms with Gasteiger partial charge in [-0.2, -0.15) is 0 Å². The summed E-state index contributed by atoms with van der Waals surface area (Å²) < 4.78 is 26.9. The van der Waals surface area contributed by atoms with Crippen molar-refractivity contribution in [2.24, 2.45) is 0 Å². The first-order valence-electron chi connectivity index (χ1n) is 9.27. The van der Waals surface area contributed by atoms with Gasteiger partial charge >= 0.3 is 0 Å². The predicted molar refractivity (Wildman–Crippen MR) is 109 cm³/mol. The fourth-order valence-electron chi connectivity index (χ4n) is 2.57. The molecule has 28 heavy (non-hydrogen) atoms. The smallest absolute Gasteiger partial charge is 0.240 e. The minimum atomic E-state index is -3.60. The molecule has 2 N–H and O–H groups in total. The van der Waals surface area contributed by atoms with E-state index in [1.165, 1.54) is 0 Å². The highest BCUT2D eigenvalue weighted by Crippen LogP contribution is 2.10. The number of sulfonamides is 1. The molecule has 0 unspecified atom stereocenters. The van der Waals surface area contributed by atoms with Crippen LogP contribution in [-0.2, 0) is 21.2 Å². The topological polar surface area (TPSA) is 92.3 Å². The van der Waals surface area contributed by atoms with E-state index < -0.39 is 10.0 Å². The number of carbonyl (C=O) groups is 2. The van der Waals surface area contributed by atoms with Crippen molar-refractivity contribution in [3.8, 4) is 0 Å². The Morgan fingerprint density at radius 1 is 0.893 bits per heavy atom. The maximum absolute atomic E-state index is 12.2. The summed E-state index contributed by atoms with van der Waals surface area (Å²) in [6, 6.07) is 13.9. The highest BCUT2D eigenvalue weighted by Gasteiger charge is 2.13. The van der Waals surface area contributed by atoms with Gasteiger partial charge < -0.3 is 5.32 Å². The number of hydrogen-bond donors (Lipinski definition) is 2. The highest BCUT2D eigenvalue weighted by atomic mass is 32.2. The van der Waals surface area contributed by atoms with Crippen LogP contribution in [0, 0.1) is 6.92 Å². The number of ketones is 1. The van der Waals surface area contributed by atoms with Gasteiger partial charge in [-0.25, -0.2) is 13.1 Å². The molecule has 7 heteroatoms. The van der Waals surface area contributed by atoms with Crippen molar-refractivity contribution >= 4 is 21.7 Å². The van der Waals surface area contributed by atoms with Crippen LogP contribution in [-0.4, -0.2) is 33.2 Å². The molecule has 0 aromatic heterocycles. The maximum Gasteiger partial charge on any atom is 0.240 e. The lowest BCUT2D eigenvalue weighted by molar-refractivity contribution is -0.121. The number of Topliss-reactive ketones (excluding diaryl/α,β-unsaturated/α-hetero) is 1. The van der Waals surface area contributed by atoms with E-state index in [2.05, 4.69) is 10.0 Å². The first kappa shape index (κ1) is 21.8. The lowest BCUT2D eigenvalue weighted by Gasteiger charge is -2.08.